The molecule has 1 aromatic carbocycles. The summed E-state index contributed by atoms with van der Waals surface area (Å²) < 4.78 is 9.87. The van der Waals surface area contributed by atoms with Crippen LogP contribution in [-0.2, 0) is 4.74 Å². The van der Waals surface area contributed by atoms with Gasteiger partial charge in [0.25, 0.3) is 0 Å². The predicted molar refractivity (Wildman–Crippen MR) is 67.9 cm³/mol. The van der Waals surface area contributed by atoms with Crippen LogP contribution >= 0.6 is 23.2 Å². The molecule has 2 rings (SSSR count). The lowest BCUT2D eigenvalue weighted by Gasteiger charge is -1.97. The molecule has 0 bridgehead atoms. The van der Waals surface area contributed by atoms with E-state index >= 15 is 0 Å². The molecular weight excluding hydrogens is 277 g/mol. The Labute approximate surface area is 113 Å². The Morgan fingerprint density at radius 1 is 1.28 bits per heavy atom. The van der Waals surface area contributed by atoms with Gasteiger partial charge >= 0.3 is 5.97 Å². The third kappa shape index (κ3) is 2.83. The number of nitrogens with zero attached hydrogens (tertiary/aromatic N) is 1. The van der Waals surface area contributed by atoms with E-state index < -0.39 is 5.97 Å². The first-order valence-electron chi connectivity index (χ1n) is 5.20. The van der Waals surface area contributed by atoms with Gasteiger partial charge in [0.05, 0.1) is 6.61 Å². The average Bonchev–Trinajstić information content (AvgIpc) is 2.77. The second kappa shape index (κ2) is 5.42. The number of benzene rings is 1. The van der Waals surface area contributed by atoms with Gasteiger partial charge in [-0.15, -0.1) is 0 Å². The summed E-state index contributed by atoms with van der Waals surface area (Å²) in [5, 5.41) is 4.59. The predicted octanol–water partition coefficient (Wildman–Crippen LogP) is 3.83. The van der Waals surface area contributed by atoms with Crippen LogP contribution in [0.3, 0.4) is 0 Å². The summed E-state index contributed by atoms with van der Waals surface area (Å²) in [6.45, 7) is 2.00. The normalized spacial score (nSPS) is 10.4. The largest absolute Gasteiger partial charge is 0.461 e. The lowest BCUT2D eigenvalue weighted by atomic mass is 10.1. The highest BCUT2D eigenvalue weighted by atomic mass is 35.5. The zero-order valence-electron chi connectivity index (χ0n) is 9.44. The molecule has 0 aliphatic carbocycles. The maximum atomic E-state index is 11.4. The molecule has 0 atom stereocenters. The number of esters is 1. The number of hydrogen-bond acceptors (Lipinski definition) is 4. The summed E-state index contributed by atoms with van der Waals surface area (Å²) in [5.41, 5.74) is 0.762. The first-order valence-corrected chi connectivity index (χ1v) is 5.96. The molecule has 0 spiro atoms. The zero-order chi connectivity index (χ0) is 13.1. The maximum absolute atomic E-state index is 11.4. The Hall–Kier alpha value is -1.52. The van der Waals surface area contributed by atoms with E-state index in [1.54, 1.807) is 25.1 Å². The van der Waals surface area contributed by atoms with E-state index in [2.05, 4.69) is 5.16 Å². The van der Waals surface area contributed by atoms with Gasteiger partial charge in [0.1, 0.15) is 0 Å². The highest BCUT2D eigenvalue weighted by Gasteiger charge is 2.15. The molecule has 6 heteroatoms. The third-order valence-corrected chi connectivity index (χ3v) is 2.58. The molecule has 0 fully saturated rings. The van der Waals surface area contributed by atoms with Crippen molar-refractivity contribution in [2.24, 2.45) is 0 Å². The Morgan fingerprint density at radius 2 is 1.94 bits per heavy atom. The van der Waals surface area contributed by atoms with Gasteiger partial charge in [-0.25, -0.2) is 4.79 Å². The lowest BCUT2D eigenvalue weighted by molar-refractivity contribution is 0.0514. The summed E-state index contributed by atoms with van der Waals surface area (Å²) in [4.78, 5) is 11.4. The van der Waals surface area contributed by atoms with E-state index in [0.717, 1.165) is 0 Å². The quantitative estimate of drug-likeness (QED) is 0.805. The van der Waals surface area contributed by atoms with Crippen LogP contribution in [0, 0.1) is 0 Å². The molecule has 0 saturated carbocycles. The van der Waals surface area contributed by atoms with Crippen LogP contribution < -0.4 is 0 Å². The van der Waals surface area contributed by atoms with Gasteiger partial charge in [0, 0.05) is 21.7 Å². The summed E-state index contributed by atoms with van der Waals surface area (Å²) in [6, 6.07) is 6.43. The molecule has 4 nitrogen and oxygen atoms in total. The molecule has 0 amide bonds. The van der Waals surface area contributed by atoms with E-state index in [1.165, 1.54) is 6.07 Å². The smallest absolute Gasteiger partial charge is 0.360 e. The number of aromatic nitrogens is 1. The van der Waals surface area contributed by atoms with Gasteiger partial charge in [-0.3, -0.25) is 0 Å². The molecule has 1 aromatic heterocycles. The van der Waals surface area contributed by atoms with Crippen molar-refractivity contribution in [3.05, 3.63) is 40.0 Å². The molecule has 1 heterocycles. The molecule has 0 saturated heterocycles. The zero-order valence-corrected chi connectivity index (χ0v) is 11.0. The van der Waals surface area contributed by atoms with Crippen LogP contribution in [0.4, 0.5) is 0 Å². The van der Waals surface area contributed by atoms with Crippen molar-refractivity contribution in [1.29, 1.82) is 0 Å². The van der Waals surface area contributed by atoms with Crippen molar-refractivity contribution in [2.45, 2.75) is 6.92 Å². The van der Waals surface area contributed by atoms with Crippen LogP contribution in [0.5, 0.6) is 0 Å². The van der Waals surface area contributed by atoms with Gasteiger partial charge in [-0.05, 0) is 25.1 Å². The topological polar surface area (TPSA) is 52.3 Å². The molecule has 0 unspecified atom stereocenters. The summed E-state index contributed by atoms with van der Waals surface area (Å²) in [7, 11) is 0. The minimum absolute atomic E-state index is 0.114. The molecule has 18 heavy (non-hydrogen) atoms. The van der Waals surface area contributed by atoms with Gasteiger partial charge in [-0.1, -0.05) is 28.4 Å². The lowest BCUT2D eigenvalue weighted by Crippen LogP contribution is -2.04. The average molecular weight is 286 g/mol. The fraction of sp³-hybridized carbons (Fsp3) is 0.167. The van der Waals surface area contributed by atoms with Crippen molar-refractivity contribution < 1.29 is 14.1 Å². The standard InChI is InChI=1S/C12H9Cl2NO3/c1-2-17-12(16)10-6-11(18-15-10)7-3-8(13)5-9(14)4-7/h3-6H,2H2,1H3. The van der Waals surface area contributed by atoms with Crippen LogP contribution in [0.2, 0.25) is 10.0 Å². The van der Waals surface area contributed by atoms with Crippen molar-refractivity contribution >= 4 is 29.2 Å². The third-order valence-electron chi connectivity index (χ3n) is 2.14. The van der Waals surface area contributed by atoms with E-state index in [0.29, 0.717) is 21.4 Å². The maximum Gasteiger partial charge on any atom is 0.360 e. The van der Waals surface area contributed by atoms with Gasteiger partial charge in [0.2, 0.25) is 0 Å². The molecule has 0 aliphatic heterocycles. The Balaban J connectivity index is 2.32. The van der Waals surface area contributed by atoms with E-state index in [1.807, 2.05) is 0 Å². The highest BCUT2D eigenvalue weighted by molar-refractivity contribution is 6.35. The Morgan fingerprint density at radius 3 is 2.56 bits per heavy atom. The number of carbonyl (C=O) groups is 1. The van der Waals surface area contributed by atoms with E-state index in [4.69, 9.17) is 32.5 Å². The Bertz CT molecular complexity index is 560. The van der Waals surface area contributed by atoms with Crippen LogP contribution in [-0.4, -0.2) is 17.7 Å². The number of rotatable bonds is 3. The monoisotopic (exact) mass is 285 g/mol. The molecule has 0 N–H and O–H groups in total. The summed E-state index contributed by atoms with van der Waals surface area (Å²) in [6.07, 6.45) is 0. The number of carbonyl (C=O) groups excluding carboxylic acids is 1. The van der Waals surface area contributed by atoms with Crippen molar-refractivity contribution in [1.82, 2.24) is 5.16 Å². The van der Waals surface area contributed by atoms with E-state index in [-0.39, 0.29) is 12.3 Å². The molecular formula is C12H9Cl2NO3. The summed E-state index contributed by atoms with van der Waals surface area (Å²) >= 11 is 11.8. The minimum atomic E-state index is -0.527. The first-order chi connectivity index (χ1) is 8.60. The minimum Gasteiger partial charge on any atom is -0.461 e. The Kier molecular flexibility index (Phi) is 3.89. The van der Waals surface area contributed by atoms with Crippen molar-refractivity contribution in [2.75, 3.05) is 6.61 Å². The highest BCUT2D eigenvalue weighted by Crippen LogP contribution is 2.27. The SMILES string of the molecule is CCOC(=O)c1cc(-c2cc(Cl)cc(Cl)c2)on1. The van der Waals surface area contributed by atoms with Gasteiger partial charge < -0.3 is 9.26 Å². The first kappa shape index (κ1) is 12.9. The van der Waals surface area contributed by atoms with E-state index in [9.17, 15) is 4.79 Å². The second-order valence-electron chi connectivity index (χ2n) is 3.45. The fourth-order valence-corrected chi connectivity index (χ4v) is 1.93. The fourth-order valence-electron chi connectivity index (χ4n) is 1.41. The van der Waals surface area contributed by atoms with Crippen molar-refractivity contribution in [3.8, 4) is 11.3 Å². The number of hydrogen-bond donors (Lipinski definition) is 0. The van der Waals surface area contributed by atoms with Crippen LogP contribution in [0.15, 0.2) is 28.8 Å². The van der Waals surface area contributed by atoms with Crippen molar-refractivity contribution in [3.63, 3.8) is 0 Å². The molecule has 0 radical (unpaired) electrons. The number of halogens is 2. The van der Waals surface area contributed by atoms with Crippen LogP contribution in [0.25, 0.3) is 11.3 Å². The summed E-state index contributed by atoms with van der Waals surface area (Å²) in [5.74, 6) is -0.122. The molecule has 94 valence electrons. The van der Waals surface area contributed by atoms with Gasteiger partial charge in [0.15, 0.2) is 11.5 Å². The molecule has 0 aliphatic rings. The molecule has 2 aromatic rings. The van der Waals surface area contributed by atoms with Crippen LogP contribution in [0.1, 0.15) is 17.4 Å². The number of ether oxygens (including phenoxy) is 1. The van der Waals surface area contributed by atoms with Gasteiger partial charge in [-0.2, -0.15) is 0 Å². The second-order valence-corrected chi connectivity index (χ2v) is 4.33.